The van der Waals surface area contributed by atoms with E-state index in [1.807, 2.05) is 79.7 Å². The largest absolute Gasteiger partial charge is 0.494 e. The maximum Gasteiger partial charge on any atom is 0.242 e. The van der Waals surface area contributed by atoms with Gasteiger partial charge in [0.25, 0.3) is 0 Å². The normalized spacial score (nSPS) is 16.6. The third-order valence-electron chi connectivity index (χ3n) is 5.27. The van der Waals surface area contributed by atoms with E-state index in [4.69, 9.17) is 9.73 Å². The van der Waals surface area contributed by atoms with Crippen LogP contribution in [0.1, 0.15) is 18.9 Å². The maximum absolute atomic E-state index is 13.3. The van der Waals surface area contributed by atoms with Gasteiger partial charge in [0.05, 0.1) is 12.3 Å². The highest BCUT2D eigenvalue weighted by atomic mass is 32.2. The third-order valence-corrected chi connectivity index (χ3v) is 6.44. The van der Waals surface area contributed by atoms with Gasteiger partial charge < -0.3 is 10.1 Å². The number of amidine groups is 1. The number of benzene rings is 3. The van der Waals surface area contributed by atoms with Crippen LogP contribution in [0.15, 0.2) is 89.9 Å². The van der Waals surface area contributed by atoms with Crippen molar-refractivity contribution in [1.82, 2.24) is 4.90 Å². The number of aliphatic imine (C=N–C) groups is 1. The van der Waals surface area contributed by atoms with E-state index in [9.17, 15) is 9.59 Å². The maximum atomic E-state index is 13.3. The lowest BCUT2D eigenvalue weighted by atomic mass is 10.1. The number of rotatable bonds is 9. The molecule has 0 saturated carbocycles. The number of amides is 2. The standard InChI is InChI=1S/C27H27N3O3S/c1-2-33-23-15-9-14-22(18-23)28-25(31)19-24-26(32)30(17-16-20-10-5-3-6-11-20)27(34-24)29-21-12-7-4-8-13-21/h3-15,18,24H,2,16-17,19H2,1H3,(H,28,31). The van der Waals surface area contributed by atoms with E-state index in [0.29, 0.717) is 36.2 Å². The Morgan fingerprint density at radius 2 is 1.76 bits per heavy atom. The van der Waals surface area contributed by atoms with Crippen LogP contribution < -0.4 is 10.1 Å². The fraction of sp³-hybridized carbons (Fsp3) is 0.222. The second-order valence-corrected chi connectivity index (χ2v) is 8.94. The molecule has 1 aliphatic heterocycles. The molecule has 174 valence electrons. The monoisotopic (exact) mass is 473 g/mol. The molecule has 1 fully saturated rings. The molecule has 6 nitrogen and oxygen atoms in total. The van der Waals surface area contributed by atoms with Crippen LogP contribution in [-0.2, 0) is 16.0 Å². The molecule has 1 heterocycles. The quantitative estimate of drug-likeness (QED) is 0.459. The number of para-hydroxylation sites is 1. The van der Waals surface area contributed by atoms with Crippen molar-refractivity contribution >= 4 is 40.1 Å². The van der Waals surface area contributed by atoms with E-state index < -0.39 is 5.25 Å². The number of hydrogen-bond acceptors (Lipinski definition) is 5. The fourth-order valence-corrected chi connectivity index (χ4v) is 4.82. The highest BCUT2D eigenvalue weighted by molar-refractivity contribution is 8.15. The molecule has 0 spiro atoms. The molecule has 0 aromatic heterocycles. The summed E-state index contributed by atoms with van der Waals surface area (Å²) in [5.41, 5.74) is 2.57. The van der Waals surface area contributed by atoms with Crippen molar-refractivity contribution in [1.29, 1.82) is 0 Å². The molecule has 3 aromatic carbocycles. The van der Waals surface area contributed by atoms with Crippen molar-refractivity contribution < 1.29 is 14.3 Å². The van der Waals surface area contributed by atoms with Gasteiger partial charge in [-0.3, -0.25) is 14.5 Å². The molecule has 1 unspecified atom stereocenters. The van der Waals surface area contributed by atoms with Gasteiger partial charge in [0, 0.05) is 24.7 Å². The van der Waals surface area contributed by atoms with Crippen LogP contribution >= 0.6 is 11.8 Å². The highest BCUT2D eigenvalue weighted by Crippen LogP contribution is 2.32. The number of nitrogens with one attached hydrogen (secondary N) is 1. The van der Waals surface area contributed by atoms with Gasteiger partial charge in [-0.15, -0.1) is 0 Å². The number of ether oxygens (including phenoxy) is 1. The zero-order valence-electron chi connectivity index (χ0n) is 19.0. The van der Waals surface area contributed by atoms with Gasteiger partial charge in [-0.2, -0.15) is 0 Å². The summed E-state index contributed by atoms with van der Waals surface area (Å²) < 4.78 is 5.49. The number of hydrogen-bond donors (Lipinski definition) is 1. The number of carbonyl (C=O) groups excluding carboxylic acids is 2. The Morgan fingerprint density at radius 1 is 1.03 bits per heavy atom. The van der Waals surface area contributed by atoms with Gasteiger partial charge in [-0.1, -0.05) is 66.4 Å². The van der Waals surface area contributed by atoms with Crippen molar-refractivity contribution in [2.24, 2.45) is 4.99 Å². The van der Waals surface area contributed by atoms with Crippen LogP contribution in [0, 0.1) is 0 Å². The van der Waals surface area contributed by atoms with Crippen LogP contribution in [0.25, 0.3) is 0 Å². The average molecular weight is 474 g/mol. The lowest BCUT2D eigenvalue weighted by Gasteiger charge is -2.16. The lowest BCUT2D eigenvalue weighted by Crippen LogP contribution is -2.35. The van der Waals surface area contributed by atoms with E-state index in [2.05, 4.69) is 5.32 Å². The molecule has 1 saturated heterocycles. The minimum absolute atomic E-state index is 0.0675. The minimum Gasteiger partial charge on any atom is -0.494 e. The highest BCUT2D eigenvalue weighted by Gasteiger charge is 2.39. The van der Waals surface area contributed by atoms with E-state index >= 15 is 0 Å². The predicted octanol–water partition coefficient (Wildman–Crippen LogP) is 5.29. The van der Waals surface area contributed by atoms with Crippen LogP contribution in [-0.4, -0.2) is 40.3 Å². The van der Waals surface area contributed by atoms with Gasteiger partial charge in [0.15, 0.2) is 5.17 Å². The molecule has 0 bridgehead atoms. The summed E-state index contributed by atoms with van der Waals surface area (Å²) in [6, 6.07) is 26.8. The molecule has 1 N–H and O–H groups in total. The predicted molar refractivity (Wildman–Crippen MR) is 138 cm³/mol. The molecule has 34 heavy (non-hydrogen) atoms. The van der Waals surface area contributed by atoms with Crippen molar-refractivity contribution in [3.63, 3.8) is 0 Å². The Bertz CT molecular complexity index is 1150. The van der Waals surface area contributed by atoms with Crippen LogP contribution in [0.4, 0.5) is 11.4 Å². The van der Waals surface area contributed by atoms with Crippen molar-refractivity contribution in [2.75, 3.05) is 18.5 Å². The first-order chi connectivity index (χ1) is 16.6. The first-order valence-electron chi connectivity index (χ1n) is 11.3. The van der Waals surface area contributed by atoms with E-state index in [1.165, 1.54) is 11.8 Å². The summed E-state index contributed by atoms with van der Waals surface area (Å²) >= 11 is 1.35. The van der Waals surface area contributed by atoms with E-state index in [-0.39, 0.29) is 18.2 Å². The first kappa shape index (κ1) is 23.6. The molecule has 1 aliphatic rings. The van der Waals surface area contributed by atoms with Crippen LogP contribution in [0.5, 0.6) is 5.75 Å². The van der Waals surface area contributed by atoms with Gasteiger partial charge in [0.2, 0.25) is 11.8 Å². The molecule has 1 atom stereocenters. The zero-order valence-corrected chi connectivity index (χ0v) is 19.8. The second-order valence-electron chi connectivity index (χ2n) is 7.78. The Kier molecular flexibility index (Phi) is 7.99. The molecule has 2 amide bonds. The van der Waals surface area contributed by atoms with Gasteiger partial charge in [-0.25, -0.2) is 4.99 Å². The Hall–Kier alpha value is -3.58. The van der Waals surface area contributed by atoms with Gasteiger partial charge in [-0.05, 0) is 43.2 Å². The Balaban J connectivity index is 1.46. The van der Waals surface area contributed by atoms with Crippen LogP contribution in [0.2, 0.25) is 0 Å². The topological polar surface area (TPSA) is 71.0 Å². The second kappa shape index (κ2) is 11.5. The number of thioether (sulfide) groups is 1. The summed E-state index contributed by atoms with van der Waals surface area (Å²) in [4.78, 5) is 32.5. The van der Waals surface area contributed by atoms with E-state index in [0.717, 1.165) is 11.3 Å². The molecular weight excluding hydrogens is 446 g/mol. The first-order valence-corrected chi connectivity index (χ1v) is 12.2. The van der Waals surface area contributed by atoms with Gasteiger partial charge >= 0.3 is 0 Å². The zero-order chi connectivity index (χ0) is 23.8. The average Bonchev–Trinajstić information content (AvgIpc) is 3.13. The minimum atomic E-state index is -0.520. The van der Waals surface area contributed by atoms with Crippen molar-refractivity contribution in [3.8, 4) is 5.75 Å². The van der Waals surface area contributed by atoms with Crippen molar-refractivity contribution in [2.45, 2.75) is 25.0 Å². The SMILES string of the molecule is CCOc1cccc(NC(=O)CC2SC(=Nc3ccccc3)N(CCc3ccccc3)C2=O)c1. The Labute approximate surface area is 204 Å². The summed E-state index contributed by atoms with van der Waals surface area (Å²) in [5, 5.41) is 2.99. The summed E-state index contributed by atoms with van der Waals surface area (Å²) in [6.07, 6.45) is 0.780. The summed E-state index contributed by atoms with van der Waals surface area (Å²) in [5.74, 6) is 0.383. The lowest BCUT2D eigenvalue weighted by molar-refractivity contribution is -0.128. The Morgan fingerprint density at radius 3 is 2.50 bits per heavy atom. The van der Waals surface area contributed by atoms with Crippen molar-refractivity contribution in [3.05, 3.63) is 90.5 Å². The molecule has 3 aromatic rings. The van der Waals surface area contributed by atoms with Crippen LogP contribution in [0.3, 0.4) is 0 Å². The third kappa shape index (κ3) is 6.26. The fourth-order valence-electron chi connectivity index (χ4n) is 3.64. The molecule has 7 heteroatoms. The molecule has 0 aliphatic carbocycles. The summed E-state index contributed by atoms with van der Waals surface area (Å²) in [7, 11) is 0. The molecule has 0 radical (unpaired) electrons. The van der Waals surface area contributed by atoms with E-state index in [1.54, 1.807) is 17.0 Å². The van der Waals surface area contributed by atoms with Gasteiger partial charge in [0.1, 0.15) is 11.0 Å². The summed E-state index contributed by atoms with van der Waals surface area (Å²) in [6.45, 7) is 2.97. The molecule has 4 rings (SSSR count). The number of anilines is 1. The smallest absolute Gasteiger partial charge is 0.242 e. The number of carbonyl (C=O) groups is 2. The molecular formula is C27H27N3O3S. The number of nitrogens with zero attached hydrogens (tertiary/aromatic N) is 2.